The fourth-order valence-electron chi connectivity index (χ4n) is 3.77. The number of pyridine rings is 1. The highest BCUT2D eigenvalue weighted by Crippen LogP contribution is 2.36. The van der Waals surface area contributed by atoms with Crippen LogP contribution in [-0.2, 0) is 12.0 Å². The van der Waals surface area contributed by atoms with Crippen molar-refractivity contribution in [2.75, 3.05) is 6.61 Å². The number of urea groups is 1. The van der Waals surface area contributed by atoms with Crippen molar-refractivity contribution in [3.8, 4) is 5.75 Å². The largest absolute Gasteiger partial charge is 0.461 e. The summed E-state index contributed by atoms with van der Waals surface area (Å²) in [6.07, 6.45) is -6.86. The number of hydrogen-bond donors (Lipinski definition) is 3. The third-order valence-corrected chi connectivity index (χ3v) is 5.91. The Bertz CT molecular complexity index is 1170. The van der Waals surface area contributed by atoms with Crippen LogP contribution in [0.25, 0.3) is 0 Å². The number of hydrogen-bond acceptors (Lipinski definition) is 4. The maximum atomic E-state index is 13.7. The Morgan fingerprint density at radius 2 is 1.84 bits per heavy atom. The maximum Gasteiger partial charge on any atom is 0.461 e. The fraction of sp³-hybridized carbons (Fsp3) is 0.308. The van der Waals surface area contributed by atoms with E-state index in [9.17, 15) is 27.5 Å². The smallest absolute Gasteiger partial charge is 0.428 e. The van der Waals surface area contributed by atoms with Crippen molar-refractivity contribution in [1.82, 2.24) is 15.6 Å². The zero-order valence-corrected chi connectivity index (χ0v) is 20.6. The minimum absolute atomic E-state index is 0.0977. The van der Waals surface area contributed by atoms with Crippen molar-refractivity contribution < 1.29 is 32.2 Å². The Kier molecular flexibility index (Phi) is 9.34. The van der Waals surface area contributed by atoms with Gasteiger partial charge in [-0.25, -0.2) is 4.79 Å². The van der Waals surface area contributed by atoms with Crippen molar-refractivity contribution in [3.05, 3.63) is 94.8 Å². The average molecular weight is 540 g/mol. The molecule has 0 aliphatic carbocycles. The average Bonchev–Trinajstić information content (AvgIpc) is 2.87. The number of alkyl halides is 4. The SMILES string of the molecule is CCC(CO)NC(=O)NC(Cc1ccccc1)(c1cccc(OC(F)(F)C(F)F)c1)c1ccc(Cl)cn1. The summed E-state index contributed by atoms with van der Waals surface area (Å²) in [7, 11) is 0. The molecule has 6 nitrogen and oxygen atoms in total. The zero-order valence-electron chi connectivity index (χ0n) is 19.8. The van der Waals surface area contributed by atoms with Crippen LogP contribution in [-0.4, -0.2) is 41.3 Å². The van der Waals surface area contributed by atoms with E-state index >= 15 is 0 Å². The molecule has 11 heteroatoms. The highest BCUT2D eigenvalue weighted by molar-refractivity contribution is 6.30. The molecule has 0 radical (unpaired) electrons. The number of halogens is 5. The highest BCUT2D eigenvalue weighted by atomic mass is 35.5. The topological polar surface area (TPSA) is 83.5 Å². The van der Waals surface area contributed by atoms with Gasteiger partial charge in [-0.15, -0.1) is 0 Å². The number of nitrogens with zero attached hydrogens (tertiary/aromatic N) is 1. The molecule has 0 fully saturated rings. The number of amides is 2. The summed E-state index contributed by atoms with van der Waals surface area (Å²) in [6.45, 7) is 1.48. The van der Waals surface area contributed by atoms with E-state index in [2.05, 4.69) is 20.4 Å². The minimum Gasteiger partial charge on any atom is -0.428 e. The lowest BCUT2D eigenvalue weighted by Crippen LogP contribution is -2.54. The Morgan fingerprint density at radius 1 is 1.11 bits per heavy atom. The molecular formula is C26H26ClF4N3O3. The molecule has 3 N–H and O–H groups in total. The number of benzene rings is 2. The quantitative estimate of drug-likeness (QED) is 0.280. The van der Waals surface area contributed by atoms with Crippen LogP contribution in [0.4, 0.5) is 22.4 Å². The van der Waals surface area contributed by atoms with Crippen LogP contribution in [0.1, 0.15) is 30.2 Å². The number of carbonyl (C=O) groups excluding carboxylic acids is 1. The number of ether oxygens (including phenoxy) is 1. The molecule has 1 aromatic heterocycles. The van der Waals surface area contributed by atoms with Gasteiger partial charge in [0.05, 0.1) is 23.4 Å². The number of aromatic nitrogens is 1. The first-order valence-electron chi connectivity index (χ1n) is 11.4. The van der Waals surface area contributed by atoms with Crippen molar-refractivity contribution in [3.63, 3.8) is 0 Å². The second-order valence-corrected chi connectivity index (χ2v) is 8.74. The summed E-state index contributed by atoms with van der Waals surface area (Å²) in [5, 5.41) is 15.4. The van der Waals surface area contributed by atoms with Crippen molar-refractivity contribution in [1.29, 1.82) is 0 Å². The lowest BCUT2D eigenvalue weighted by molar-refractivity contribution is -0.253. The summed E-state index contributed by atoms with van der Waals surface area (Å²) in [6, 6.07) is 16.0. The first-order chi connectivity index (χ1) is 17.6. The van der Waals surface area contributed by atoms with Gasteiger partial charge in [-0.05, 0) is 41.8 Å². The van der Waals surface area contributed by atoms with Crippen molar-refractivity contribution >= 4 is 17.6 Å². The summed E-state index contributed by atoms with van der Waals surface area (Å²) < 4.78 is 57.3. The Labute approximate surface area is 216 Å². The first kappa shape index (κ1) is 28.2. The fourth-order valence-corrected chi connectivity index (χ4v) is 3.88. The van der Waals surface area contributed by atoms with Crippen LogP contribution in [0.15, 0.2) is 72.9 Å². The van der Waals surface area contributed by atoms with Gasteiger partial charge in [0.15, 0.2) is 0 Å². The molecule has 0 saturated carbocycles. The van der Waals surface area contributed by atoms with E-state index < -0.39 is 35.9 Å². The van der Waals surface area contributed by atoms with Gasteiger partial charge in [-0.3, -0.25) is 4.98 Å². The molecule has 0 aliphatic rings. The van der Waals surface area contributed by atoms with Gasteiger partial charge < -0.3 is 20.5 Å². The van der Waals surface area contributed by atoms with E-state index in [0.29, 0.717) is 17.1 Å². The molecule has 0 saturated heterocycles. The third-order valence-electron chi connectivity index (χ3n) is 5.69. The molecule has 3 aromatic rings. The summed E-state index contributed by atoms with van der Waals surface area (Å²) >= 11 is 6.04. The highest BCUT2D eigenvalue weighted by Gasteiger charge is 2.44. The monoisotopic (exact) mass is 539 g/mol. The number of nitrogens with one attached hydrogen (secondary N) is 2. The van der Waals surface area contributed by atoms with Crippen molar-refractivity contribution in [2.24, 2.45) is 0 Å². The molecule has 0 bridgehead atoms. The molecule has 37 heavy (non-hydrogen) atoms. The van der Waals surface area contributed by atoms with Gasteiger partial charge in [0.1, 0.15) is 11.3 Å². The molecule has 198 valence electrons. The molecule has 2 atom stereocenters. The van der Waals surface area contributed by atoms with E-state index in [0.717, 1.165) is 17.7 Å². The van der Waals surface area contributed by atoms with E-state index in [1.807, 2.05) is 0 Å². The second-order valence-electron chi connectivity index (χ2n) is 8.31. The number of carbonyl (C=O) groups is 1. The lowest BCUT2D eigenvalue weighted by Gasteiger charge is -2.36. The summed E-state index contributed by atoms with van der Waals surface area (Å²) in [4.78, 5) is 17.6. The van der Waals surface area contributed by atoms with E-state index in [-0.39, 0.29) is 18.6 Å². The second kappa shape index (κ2) is 12.2. The lowest BCUT2D eigenvalue weighted by atomic mass is 9.80. The molecule has 2 aromatic carbocycles. The van der Waals surface area contributed by atoms with Gasteiger partial charge >= 0.3 is 18.6 Å². The Morgan fingerprint density at radius 3 is 2.43 bits per heavy atom. The molecule has 2 unspecified atom stereocenters. The zero-order chi connectivity index (χ0) is 27.1. The molecule has 0 spiro atoms. The first-order valence-corrected chi connectivity index (χ1v) is 11.8. The maximum absolute atomic E-state index is 13.7. The molecule has 3 rings (SSSR count). The predicted octanol–water partition coefficient (Wildman–Crippen LogP) is 5.53. The van der Waals surface area contributed by atoms with Crippen LogP contribution in [0.5, 0.6) is 5.75 Å². The normalized spacial score (nSPS) is 14.1. The van der Waals surface area contributed by atoms with Crippen LogP contribution < -0.4 is 15.4 Å². The minimum atomic E-state index is -4.72. The van der Waals surface area contributed by atoms with Crippen molar-refractivity contribution in [2.45, 2.75) is 43.9 Å². The van der Waals surface area contributed by atoms with Gasteiger partial charge in [-0.1, -0.05) is 61.0 Å². The van der Waals surface area contributed by atoms with Gasteiger partial charge in [-0.2, -0.15) is 17.6 Å². The molecular weight excluding hydrogens is 514 g/mol. The van der Waals surface area contributed by atoms with Gasteiger partial charge in [0, 0.05) is 12.6 Å². The van der Waals surface area contributed by atoms with E-state index in [4.69, 9.17) is 11.6 Å². The van der Waals surface area contributed by atoms with E-state index in [1.54, 1.807) is 49.4 Å². The summed E-state index contributed by atoms with van der Waals surface area (Å²) in [5.74, 6) is -0.529. The van der Waals surface area contributed by atoms with Crippen LogP contribution in [0, 0.1) is 0 Å². The number of aliphatic hydroxyl groups is 1. The summed E-state index contributed by atoms with van der Waals surface area (Å²) in [5.41, 5.74) is -0.201. The Balaban J connectivity index is 2.18. The third kappa shape index (κ3) is 7.11. The van der Waals surface area contributed by atoms with Gasteiger partial charge in [0.25, 0.3) is 0 Å². The molecule has 2 amide bonds. The number of aliphatic hydroxyl groups excluding tert-OH is 1. The van der Waals surface area contributed by atoms with E-state index in [1.165, 1.54) is 18.3 Å². The standard InChI is InChI=1S/C26H26ClF4N3O3/c1-2-20(16-35)33-24(36)34-25(14-17-7-4-3-5-8-17,22-12-11-19(27)15-32-22)18-9-6-10-21(13-18)37-26(30,31)23(28)29/h3-13,15,20,23,35H,2,14,16H2,1H3,(H2,33,34,36). The van der Waals surface area contributed by atoms with Crippen LogP contribution >= 0.6 is 11.6 Å². The van der Waals surface area contributed by atoms with Crippen LogP contribution in [0.3, 0.4) is 0 Å². The van der Waals surface area contributed by atoms with Crippen LogP contribution in [0.2, 0.25) is 5.02 Å². The molecule has 0 aliphatic heterocycles. The Hall–Kier alpha value is -3.37. The van der Waals surface area contributed by atoms with Gasteiger partial charge in [0.2, 0.25) is 0 Å². The predicted molar refractivity (Wildman–Crippen MR) is 131 cm³/mol. The number of rotatable bonds is 11. The molecule has 1 heterocycles.